The highest BCUT2D eigenvalue weighted by Gasteiger charge is 2.14. The van der Waals surface area contributed by atoms with Crippen LogP contribution in [0.3, 0.4) is 0 Å². The molecule has 0 aromatic heterocycles. The molecule has 1 rings (SSSR count). The molecule has 0 radical (unpaired) electrons. The molecule has 0 aliphatic rings. The summed E-state index contributed by atoms with van der Waals surface area (Å²) < 4.78 is 5.70. The van der Waals surface area contributed by atoms with Gasteiger partial charge in [-0.25, -0.2) is 0 Å². The average Bonchev–Trinajstić information content (AvgIpc) is 2.24. The number of amidine groups is 1. The number of rotatable bonds is 5. The Morgan fingerprint density at radius 1 is 1.33 bits per heavy atom. The van der Waals surface area contributed by atoms with Gasteiger partial charge in [-0.15, -0.1) is 0 Å². The van der Waals surface area contributed by atoms with Crippen LogP contribution in [0.2, 0.25) is 0 Å². The third-order valence-corrected chi connectivity index (χ3v) is 2.89. The number of hydrogen-bond donors (Lipinski definition) is 2. The van der Waals surface area contributed by atoms with Crippen LogP contribution in [-0.2, 0) is 5.41 Å². The lowest BCUT2D eigenvalue weighted by Gasteiger charge is -2.20. The van der Waals surface area contributed by atoms with E-state index in [1.807, 2.05) is 6.07 Å². The van der Waals surface area contributed by atoms with Gasteiger partial charge in [0.1, 0.15) is 5.75 Å². The van der Waals surface area contributed by atoms with Crippen LogP contribution in [0.5, 0.6) is 5.75 Å². The Kier molecular flexibility index (Phi) is 4.76. The van der Waals surface area contributed by atoms with Gasteiger partial charge in [-0.2, -0.15) is 0 Å². The smallest absolute Gasteiger partial charge is 0.122 e. The van der Waals surface area contributed by atoms with E-state index in [4.69, 9.17) is 15.9 Å². The lowest BCUT2D eigenvalue weighted by Crippen LogP contribution is -2.12. The van der Waals surface area contributed by atoms with Crippen LogP contribution in [-0.4, -0.2) is 12.4 Å². The number of aryl methyl sites for hydroxylation is 1. The summed E-state index contributed by atoms with van der Waals surface area (Å²) in [5.74, 6) is 1.14. The van der Waals surface area contributed by atoms with E-state index in [2.05, 4.69) is 39.8 Å². The van der Waals surface area contributed by atoms with Crippen molar-refractivity contribution in [1.29, 1.82) is 5.41 Å². The van der Waals surface area contributed by atoms with Gasteiger partial charge in [0.15, 0.2) is 0 Å². The molecule has 3 N–H and O–H groups in total. The molecular weight excluding hydrogens is 224 g/mol. The fourth-order valence-electron chi connectivity index (χ4n) is 1.72. The van der Waals surface area contributed by atoms with Gasteiger partial charge in [0.25, 0.3) is 0 Å². The van der Waals surface area contributed by atoms with Crippen LogP contribution in [0, 0.1) is 12.3 Å². The summed E-state index contributed by atoms with van der Waals surface area (Å²) in [5.41, 5.74) is 7.94. The molecule has 0 atom stereocenters. The predicted molar refractivity (Wildman–Crippen MR) is 76.5 cm³/mol. The second-order valence-electron chi connectivity index (χ2n) is 5.71. The zero-order valence-electron chi connectivity index (χ0n) is 11.8. The lowest BCUT2D eigenvalue weighted by atomic mass is 9.86. The SMILES string of the molecule is Cc1cc(C(C)(C)C)ccc1OCCCC(=N)N. The molecule has 0 fully saturated rings. The molecule has 0 heterocycles. The van der Waals surface area contributed by atoms with Crippen molar-refractivity contribution in [3.8, 4) is 5.75 Å². The Bertz CT molecular complexity index is 419. The number of nitrogens with one attached hydrogen (secondary N) is 1. The molecule has 18 heavy (non-hydrogen) atoms. The van der Waals surface area contributed by atoms with E-state index in [0.29, 0.717) is 13.0 Å². The summed E-state index contributed by atoms with van der Waals surface area (Å²) in [7, 11) is 0. The molecule has 0 unspecified atom stereocenters. The van der Waals surface area contributed by atoms with E-state index in [1.54, 1.807) is 0 Å². The van der Waals surface area contributed by atoms with E-state index in [0.717, 1.165) is 17.7 Å². The number of nitrogens with two attached hydrogens (primary N) is 1. The van der Waals surface area contributed by atoms with E-state index in [1.165, 1.54) is 5.56 Å². The van der Waals surface area contributed by atoms with E-state index in [-0.39, 0.29) is 11.3 Å². The van der Waals surface area contributed by atoms with E-state index >= 15 is 0 Å². The Hall–Kier alpha value is -1.51. The Labute approximate surface area is 110 Å². The van der Waals surface area contributed by atoms with Crippen LogP contribution >= 0.6 is 0 Å². The molecule has 0 amide bonds. The summed E-state index contributed by atoms with van der Waals surface area (Å²) in [6, 6.07) is 6.33. The van der Waals surface area contributed by atoms with Gasteiger partial charge in [0.2, 0.25) is 0 Å². The van der Waals surface area contributed by atoms with Crippen molar-refractivity contribution in [2.45, 2.75) is 46.0 Å². The minimum Gasteiger partial charge on any atom is -0.493 e. The predicted octanol–water partition coefficient (Wildman–Crippen LogP) is 3.39. The second kappa shape index (κ2) is 5.89. The van der Waals surface area contributed by atoms with Crippen molar-refractivity contribution in [2.75, 3.05) is 6.61 Å². The van der Waals surface area contributed by atoms with Crippen molar-refractivity contribution in [3.05, 3.63) is 29.3 Å². The normalized spacial score (nSPS) is 11.3. The largest absolute Gasteiger partial charge is 0.493 e. The summed E-state index contributed by atoms with van der Waals surface area (Å²) in [5, 5.41) is 7.14. The van der Waals surface area contributed by atoms with Gasteiger partial charge >= 0.3 is 0 Å². The Morgan fingerprint density at radius 3 is 2.50 bits per heavy atom. The van der Waals surface area contributed by atoms with Gasteiger partial charge in [-0.1, -0.05) is 32.9 Å². The summed E-state index contributed by atoms with van der Waals surface area (Å²) in [6.45, 7) is 9.28. The minimum absolute atomic E-state index is 0.165. The fourth-order valence-corrected chi connectivity index (χ4v) is 1.72. The highest BCUT2D eigenvalue weighted by Crippen LogP contribution is 2.27. The first-order valence-corrected chi connectivity index (χ1v) is 6.37. The maximum atomic E-state index is 7.14. The first-order valence-electron chi connectivity index (χ1n) is 6.37. The molecule has 1 aromatic rings. The molecule has 100 valence electrons. The number of benzene rings is 1. The van der Waals surface area contributed by atoms with Crippen LogP contribution in [0.25, 0.3) is 0 Å². The van der Waals surface area contributed by atoms with Gasteiger partial charge in [-0.05, 0) is 36.0 Å². The maximum absolute atomic E-state index is 7.14. The molecule has 3 heteroatoms. The minimum atomic E-state index is 0.165. The van der Waals surface area contributed by atoms with Crippen molar-refractivity contribution < 1.29 is 4.74 Å². The summed E-state index contributed by atoms with van der Waals surface area (Å²) in [6.07, 6.45) is 1.38. The zero-order chi connectivity index (χ0) is 13.8. The molecule has 0 saturated carbocycles. The summed E-state index contributed by atoms with van der Waals surface area (Å²) >= 11 is 0. The van der Waals surface area contributed by atoms with E-state index in [9.17, 15) is 0 Å². The zero-order valence-corrected chi connectivity index (χ0v) is 11.8. The first kappa shape index (κ1) is 14.6. The van der Waals surface area contributed by atoms with Crippen molar-refractivity contribution in [3.63, 3.8) is 0 Å². The fraction of sp³-hybridized carbons (Fsp3) is 0.533. The second-order valence-corrected chi connectivity index (χ2v) is 5.71. The topological polar surface area (TPSA) is 59.1 Å². The van der Waals surface area contributed by atoms with Crippen LogP contribution in [0.1, 0.15) is 44.7 Å². The summed E-state index contributed by atoms with van der Waals surface area (Å²) in [4.78, 5) is 0. The van der Waals surface area contributed by atoms with Gasteiger partial charge in [-0.3, -0.25) is 5.41 Å². The molecule has 0 bridgehead atoms. The van der Waals surface area contributed by atoms with Crippen molar-refractivity contribution in [1.82, 2.24) is 0 Å². The molecule has 1 aromatic carbocycles. The average molecular weight is 248 g/mol. The van der Waals surface area contributed by atoms with Crippen LogP contribution < -0.4 is 10.5 Å². The highest BCUT2D eigenvalue weighted by molar-refractivity contribution is 5.76. The quantitative estimate of drug-likeness (QED) is 0.476. The van der Waals surface area contributed by atoms with Gasteiger partial charge < -0.3 is 10.5 Å². The van der Waals surface area contributed by atoms with Gasteiger partial charge in [0.05, 0.1) is 12.4 Å². The molecule has 0 aliphatic carbocycles. The molecule has 0 aliphatic heterocycles. The number of ether oxygens (including phenoxy) is 1. The van der Waals surface area contributed by atoms with Gasteiger partial charge in [0, 0.05) is 6.42 Å². The molecule has 3 nitrogen and oxygen atoms in total. The van der Waals surface area contributed by atoms with Crippen LogP contribution in [0.4, 0.5) is 0 Å². The third kappa shape index (κ3) is 4.40. The molecule has 0 saturated heterocycles. The number of hydrogen-bond acceptors (Lipinski definition) is 2. The van der Waals surface area contributed by atoms with Crippen molar-refractivity contribution >= 4 is 5.84 Å². The van der Waals surface area contributed by atoms with E-state index < -0.39 is 0 Å². The van der Waals surface area contributed by atoms with Crippen LogP contribution in [0.15, 0.2) is 18.2 Å². The third-order valence-electron chi connectivity index (χ3n) is 2.89. The Balaban J connectivity index is 2.60. The first-order chi connectivity index (χ1) is 8.30. The lowest BCUT2D eigenvalue weighted by molar-refractivity contribution is 0.311. The standard InChI is InChI=1S/C15H24N2O/c1-11-10-12(15(2,3)4)7-8-13(11)18-9-5-6-14(16)17/h7-8,10H,5-6,9H2,1-4H3,(H3,16,17). The molecular formula is C15H24N2O. The maximum Gasteiger partial charge on any atom is 0.122 e. The molecule has 0 spiro atoms. The monoisotopic (exact) mass is 248 g/mol. The highest BCUT2D eigenvalue weighted by atomic mass is 16.5. The Morgan fingerprint density at radius 2 is 2.00 bits per heavy atom. The van der Waals surface area contributed by atoms with Crippen molar-refractivity contribution in [2.24, 2.45) is 5.73 Å².